The fourth-order valence-electron chi connectivity index (χ4n) is 1.22. The Kier molecular flexibility index (Phi) is 3.43. The van der Waals surface area contributed by atoms with E-state index in [0.717, 1.165) is 0 Å². The topological polar surface area (TPSA) is 84.5 Å². The minimum atomic E-state index is -0.620. The lowest BCUT2D eigenvalue weighted by Gasteiger charge is -2.06. The maximum Gasteiger partial charge on any atom is 0.336 e. The van der Waals surface area contributed by atoms with Gasteiger partial charge in [0.05, 0.1) is 12.2 Å². The molecule has 0 aromatic carbocycles. The standard InChI is InChI=1S/C9H12N2O4/c1-3-5(8(13)15-4-2)6-7(12)11-9(14)10-6/h3-4H2,1-2H3,(H2,10,11,12,14). The van der Waals surface area contributed by atoms with Gasteiger partial charge in [0.1, 0.15) is 5.70 Å². The predicted molar refractivity (Wildman–Crippen MR) is 50.6 cm³/mol. The van der Waals surface area contributed by atoms with Crippen LogP contribution in [0.15, 0.2) is 11.3 Å². The molecule has 82 valence electrons. The lowest BCUT2D eigenvalue weighted by atomic mass is 10.1. The molecule has 1 aliphatic heterocycles. The number of amides is 3. The molecular weight excluding hydrogens is 200 g/mol. The first-order valence-electron chi connectivity index (χ1n) is 4.62. The Hall–Kier alpha value is -1.85. The van der Waals surface area contributed by atoms with Gasteiger partial charge in [0, 0.05) is 0 Å². The van der Waals surface area contributed by atoms with Crippen LogP contribution in [0, 0.1) is 0 Å². The second-order valence-corrected chi connectivity index (χ2v) is 2.84. The third-order valence-electron chi connectivity index (χ3n) is 1.87. The van der Waals surface area contributed by atoms with Gasteiger partial charge in [-0.25, -0.2) is 9.59 Å². The highest BCUT2D eigenvalue weighted by atomic mass is 16.5. The number of hydrogen-bond acceptors (Lipinski definition) is 4. The highest BCUT2D eigenvalue weighted by Gasteiger charge is 2.29. The Morgan fingerprint density at radius 1 is 1.27 bits per heavy atom. The normalized spacial score (nSPS) is 18.3. The number of ether oxygens (including phenoxy) is 1. The number of urea groups is 1. The minimum Gasteiger partial charge on any atom is -0.463 e. The quantitative estimate of drug-likeness (QED) is 0.393. The van der Waals surface area contributed by atoms with Gasteiger partial charge in [-0.2, -0.15) is 0 Å². The molecule has 1 fully saturated rings. The van der Waals surface area contributed by atoms with E-state index in [1.54, 1.807) is 13.8 Å². The first-order chi connectivity index (χ1) is 7.10. The molecule has 1 rings (SSSR count). The van der Waals surface area contributed by atoms with Crippen LogP contribution in [0.5, 0.6) is 0 Å². The zero-order valence-electron chi connectivity index (χ0n) is 8.55. The largest absolute Gasteiger partial charge is 0.463 e. The van der Waals surface area contributed by atoms with Crippen molar-refractivity contribution in [2.24, 2.45) is 0 Å². The molecule has 1 aliphatic rings. The van der Waals surface area contributed by atoms with Crippen LogP contribution in [0.25, 0.3) is 0 Å². The SMILES string of the molecule is CCOC(=O)C(CC)=C1NC(=O)NC1=O. The summed E-state index contributed by atoms with van der Waals surface area (Å²) in [6, 6.07) is -0.620. The average Bonchev–Trinajstić information content (AvgIpc) is 2.47. The molecule has 0 atom stereocenters. The Morgan fingerprint density at radius 3 is 2.33 bits per heavy atom. The molecule has 2 N–H and O–H groups in total. The zero-order chi connectivity index (χ0) is 11.4. The van der Waals surface area contributed by atoms with Crippen molar-refractivity contribution in [2.75, 3.05) is 6.61 Å². The van der Waals surface area contributed by atoms with Crippen LogP contribution in [0.2, 0.25) is 0 Å². The van der Waals surface area contributed by atoms with E-state index in [0.29, 0.717) is 6.42 Å². The van der Waals surface area contributed by atoms with Gasteiger partial charge in [-0.05, 0) is 13.3 Å². The molecule has 0 saturated carbocycles. The van der Waals surface area contributed by atoms with Gasteiger partial charge in [0.2, 0.25) is 0 Å². The molecule has 0 radical (unpaired) electrons. The number of carbonyl (C=O) groups is 3. The summed E-state index contributed by atoms with van der Waals surface area (Å²) in [6.45, 7) is 3.60. The summed E-state index contributed by atoms with van der Waals surface area (Å²) in [5.74, 6) is -1.17. The summed E-state index contributed by atoms with van der Waals surface area (Å²) in [5, 5.41) is 4.30. The van der Waals surface area contributed by atoms with Gasteiger partial charge < -0.3 is 10.1 Å². The van der Waals surface area contributed by atoms with Crippen LogP contribution in [0.3, 0.4) is 0 Å². The Labute approximate surface area is 86.7 Å². The van der Waals surface area contributed by atoms with Gasteiger partial charge in [-0.15, -0.1) is 0 Å². The van der Waals surface area contributed by atoms with Crippen molar-refractivity contribution in [3.05, 3.63) is 11.3 Å². The second-order valence-electron chi connectivity index (χ2n) is 2.84. The molecule has 0 aliphatic carbocycles. The molecule has 0 aromatic rings. The molecule has 0 spiro atoms. The number of nitrogens with one attached hydrogen (secondary N) is 2. The summed E-state index contributed by atoms with van der Waals surface area (Å²) in [6.07, 6.45) is 0.321. The van der Waals surface area contributed by atoms with Crippen LogP contribution >= 0.6 is 0 Å². The Morgan fingerprint density at radius 2 is 1.93 bits per heavy atom. The smallest absolute Gasteiger partial charge is 0.336 e. The van der Waals surface area contributed by atoms with Gasteiger partial charge in [-0.1, -0.05) is 6.92 Å². The highest BCUT2D eigenvalue weighted by molar-refractivity contribution is 6.15. The van der Waals surface area contributed by atoms with Crippen LogP contribution in [0.1, 0.15) is 20.3 Å². The van der Waals surface area contributed by atoms with Crippen molar-refractivity contribution in [3.8, 4) is 0 Å². The van der Waals surface area contributed by atoms with E-state index in [1.165, 1.54) is 0 Å². The average molecular weight is 212 g/mol. The summed E-state index contributed by atoms with van der Waals surface area (Å²) in [4.78, 5) is 33.5. The molecule has 1 heterocycles. The summed E-state index contributed by atoms with van der Waals surface area (Å²) < 4.78 is 4.76. The summed E-state index contributed by atoms with van der Waals surface area (Å²) in [5.41, 5.74) is 0.168. The van der Waals surface area contributed by atoms with Crippen LogP contribution in [-0.4, -0.2) is 24.5 Å². The molecule has 0 bridgehead atoms. The van der Waals surface area contributed by atoms with E-state index in [2.05, 4.69) is 5.32 Å². The summed E-state index contributed by atoms with van der Waals surface area (Å²) in [7, 11) is 0. The van der Waals surface area contributed by atoms with Crippen molar-refractivity contribution in [3.63, 3.8) is 0 Å². The van der Waals surface area contributed by atoms with Gasteiger partial charge >= 0.3 is 12.0 Å². The van der Waals surface area contributed by atoms with Crippen molar-refractivity contribution < 1.29 is 19.1 Å². The lowest BCUT2D eigenvalue weighted by Crippen LogP contribution is -2.22. The van der Waals surface area contributed by atoms with E-state index in [1.807, 2.05) is 5.32 Å². The lowest BCUT2D eigenvalue weighted by molar-refractivity contribution is -0.139. The Bertz CT molecular complexity index is 346. The first kappa shape index (κ1) is 11.2. The van der Waals surface area contributed by atoms with E-state index in [9.17, 15) is 14.4 Å². The van der Waals surface area contributed by atoms with Gasteiger partial charge in [-0.3, -0.25) is 10.1 Å². The van der Waals surface area contributed by atoms with E-state index in [-0.39, 0.29) is 17.9 Å². The van der Waals surface area contributed by atoms with Crippen LogP contribution in [-0.2, 0) is 14.3 Å². The van der Waals surface area contributed by atoms with E-state index in [4.69, 9.17) is 4.74 Å². The molecule has 6 heteroatoms. The predicted octanol–water partition coefficient (Wildman–Crippen LogP) is 0.0530. The molecule has 6 nitrogen and oxygen atoms in total. The fraction of sp³-hybridized carbons (Fsp3) is 0.444. The first-order valence-corrected chi connectivity index (χ1v) is 4.62. The maximum atomic E-state index is 11.4. The monoisotopic (exact) mass is 212 g/mol. The third kappa shape index (κ3) is 2.34. The Balaban J connectivity index is 2.98. The van der Waals surface area contributed by atoms with Gasteiger partial charge in [0.25, 0.3) is 5.91 Å². The third-order valence-corrected chi connectivity index (χ3v) is 1.87. The van der Waals surface area contributed by atoms with Crippen LogP contribution in [0.4, 0.5) is 4.79 Å². The van der Waals surface area contributed by atoms with E-state index < -0.39 is 17.9 Å². The number of esters is 1. The van der Waals surface area contributed by atoms with Crippen molar-refractivity contribution >= 4 is 17.9 Å². The van der Waals surface area contributed by atoms with Crippen molar-refractivity contribution in [2.45, 2.75) is 20.3 Å². The zero-order valence-corrected chi connectivity index (χ0v) is 8.55. The fourth-order valence-corrected chi connectivity index (χ4v) is 1.22. The number of carbonyl (C=O) groups excluding carboxylic acids is 3. The van der Waals surface area contributed by atoms with Crippen molar-refractivity contribution in [1.29, 1.82) is 0 Å². The second kappa shape index (κ2) is 4.59. The highest BCUT2D eigenvalue weighted by Crippen LogP contribution is 2.11. The van der Waals surface area contributed by atoms with Crippen LogP contribution < -0.4 is 10.6 Å². The molecule has 15 heavy (non-hydrogen) atoms. The molecule has 0 aromatic heterocycles. The van der Waals surface area contributed by atoms with Crippen molar-refractivity contribution in [1.82, 2.24) is 10.6 Å². The van der Waals surface area contributed by atoms with E-state index >= 15 is 0 Å². The summed E-state index contributed by atoms with van der Waals surface area (Å²) >= 11 is 0. The molecule has 3 amide bonds. The number of rotatable bonds is 3. The molecule has 0 unspecified atom stereocenters. The molecular formula is C9H12N2O4. The number of imide groups is 1. The van der Waals surface area contributed by atoms with Gasteiger partial charge in [0.15, 0.2) is 0 Å². The molecule has 1 saturated heterocycles. The number of hydrogen-bond donors (Lipinski definition) is 2. The maximum absolute atomic E-state index is 11.4. The minimum absolute atomic E-state index is 0.0130.